The highest BCUT2D eigenvalue weighted by atomic mass is 32.2. The van der Waals surface area contributed by atoms with E-state index >= 15 is 0 Å². The average molecular weight is 361 g/mol. The molecule has 0 atom stereocenters. The number of nitrogens with zero attached hydrogens (tertiary/aromatic N) is 1. The largest absolute Gasteiger partial charge is 0.497 e. The summed E-state index contributed by atoms with van der Waals surface area (Å²) in [5.41, 5.74) is 0.989. The summed E-state index contributed by atoms with van der Waals surface area (Å²) in [7, 11) is 6.63. The van der Waals surface area contributed by atoms with Crippen molar-refractivity contribution in [2.24, 2.45) is 0 Å². The van der Waals surface area contributed by atoms with Crippen molar-refractivity contribution in [2.75, 3.05) is 34.1 Å². The number of hydrogen-bond acceptors (Lipinski definition) is 5. The third-order valence-electron chi connectivity index (χ3n) is 3.72. The first-order valence-electron chi connectivity index (χ1n) is 7.79. The fourth-order valence-corrected chi connectivity index (χ4v) is 3.11. The monoisotopic (exact) mass is 361 g/mol. The van der Waals surface area contributed by atoms with Crippen molar-refractivity contribution in [3.8, 4) is 17.2 Å². The molecule has 0 saturated carbocycles. The van der Waals surface area contributed by atoms with Crippen LogP contribution in [0.3, 0.4) is 0 Å². The van der Waals surface area contributed by atoms with Crippen LogP contribution in [0.25, 0.3) is 0 Å². The molecule has 6 heteroatoms. The van der Waals surface area contributed by atoms with E-state index in [-0.39, 0.29) is 5.91 Å². The van der Waals surface area contributed by atoms with Crippen molar-refractivity contribution in [1.82, 2.24) is 4.90 Å². The molecule has 25 heavy (non-hydrogen) atoms. The van der Waals surface area contributed by atoms with Gasteiger partial charge < -0.3 is 19.1 Å². The Morgan fingerprint density at radius 2 is 1.64 bits per heavy atom. The molecule has 2 aromatic rings. The number of carbonyl (C=O) groups excluding carboxylic acids is 1. The highest BCUT2D eigenvalue weighted by molar-refractivity contribution is 8.00. The predicted molar refractivity (Wildman–Crippen MR) is 99.7 cm³/mol. The van der Waals surface area contributed by atoms with E-state index in [1.807, 2.05) is 42.5 Å². The van der Waals surface area contributed by atoms with E-state index in [9.17, 15) is 4.79 Å². The summed E-state index contributed by atoms with van der Waals surface area (Å²) in [6, 6.07) is 13.3. The minimum absolute atomic E-state index is 0.0654. The molecule has 0 spiro atoms. The van der Waals surface area contributed by atoms with Gasteiger partial charge in [0.05, 0.1) is 27.1 Å². The fourth-order valence-electron chi connectivity index (χ4n) is 2.27. The summed E-state index contributed by atoms with van der Waals surface area (Å²) >= 11 is 1.51. The lowest BCUT2D eigenvalue weighted by Crippen LogP contribution is -2.27. The van der Waals surface area contributed by atoms with E-state index < -0.39 is 0 Å². The number of hydrogen-bond donors (Lipinski definition) is 0. The van der Waals surface area contributed by atoms with Crippen LogP contribution in [0.4, 0.5) is 0 Å². The smallest absolute Gasteiger partial charge is 0.232 e. The van der Waals surface area contributed by atoms with E-state index in [0.717, 1.165) is 16.2 Å². The normalized spacial score (nSPS) is 10.2. The van der Waals surface area contributed by atoms with Crippen molar-refractivity contribution < 1.29 is 19.0 Å². The Morgan fingerprint density at radius 1 is 0.960 bits per heavy atom. The number of methoxy groups -OCH3 is 3. The summed E-state index contributed by atoms with van der Waals surface area (Å²) in [4.78, 5) is 15.1. The van der Waals surface area contributed by atoms with E-state index in [2.05, 4.69) is 0 Å². The van der Waals surface area contributed by atoms with Gasteiger partial charge in [-0.15, -0.1) is 11.8 Å². The highest BCUT2D eigenvalue weighted by Crippen LogP contribution is 2.28. The maximum absolute atomic E-state index is 12.3. The van der Waals surface area contributed by atoms with Gasteiger partial charge in [0, 0.05) is 18.5 Å². The molecule has 0 saturated heterocycles. The summed E-state index contributed by atoms with van der Waals surface area (Å²) in [5.74, 6) is 2.59. The van der Waals surface area contributed by atoms with Gasteiger partial charge in [0.25, 0.3) is 0 Å². The zero-order valence-corrected chi connectivity index (χ0v) is 15.8. The van der Waals surface area contributed by atoms with E-state index in [1.165, 1.54) is 11.8 Å². The first-order chi connectivity index (χ1) is 12.1. The van der Waals surface area contributed by atoms with Crippen LogP contribution >= 0.6 is 11.8 Å². The first kappa shape index (κ1) is 19.0. The lowest BCUT2D eigenvalue weighted by Gasteiger charge is -2.18. The minimum Gasteiger partial charge on any atom is -0.497 e. The van der Waals surface area contributed by atoms with Gasteiger partial charge in [0.1, 0.15) is 5.75 Å². The van der Waals surface area contributed by atoms with Crippen LogP contribution < -0.4 is 14.2 Å². The van der Waals surface area contributed by atoms with Gasteiger partial charge in [-0.1, -0.05) is 6.07 Å². The van der Waals surface area contributed by atoms with E-state index in [4.69, 9.17) is 14.2 Å². The van der Waals surface area contributed by atoms with Crippen molar-refractivity contribution >= 4 is 17.7 Å². The average Bonchev–Trinajstić information content (AvgIpc) is 2.66. The molecule has 134 valence electrons. The third-order valence-corrected chi connectivity index (χ3v) is 4.71. The zero-order chi connectivity index (χ0) is 18.2. The Labute approximate surface area is 152 Å². The Balaban J connectivity index is 1.91. The Bertz CT molecular complexity index is 703. The molecule has 0 unspecified atom stereocenters. The first-order valence-corrected chi connectivity index (χ1v) is 8.77. The van der Waals surface area contributed by atoms with Crippen LogP contribution in [-0.4, -0.2) is 44.9 Å². The van der Waals surface area contributed by atoms with Gasteiger partial charge in [-0.25, -0.2) is 0 Å². The lowest BCUT2D eigenvalue weighted by atomic mass is 10.2. The van der Waals surface area contributed by atoms with Crippen molar-refractivity contribution in [3.63, 3.8) is 0 Å². The molecular formula is C19H23NO4S. The maximum atomic E-state index is 12.3. The van der Waals surface area contributed by atoms with Crippen LogP contribution in [0.5, 0.6) is 17.2 Å². The van der Waals surface area contributed by atoms with Gasteiger partial charge in [-0.3, -0.25) is 4.79 Å². The molecule has 0 aromatic heterocycles. The second kappa shape index (κ2) is 9.22. The topological polar surface area (TPSA) is 48.0 Å². The number of amides is 1. The van der Waals surface area contributed by atoms with E-state index in [1.54, 1.807) is 33.3 Å². The fraction of sp³-hybridized carbons (Fsp3) is 0.316. The number of carbonyl (C=O) groups is 1. The summed E-state index contributed by atoms with van der Waals surface area (Å²) in [6.07, 6.45) is 0. The number of rotatable bonds is 8. The minimum atomic E-state index is 0.0654. The molecule has 0 heterocycles. The van der Waals surface area contributed by atoms with Crippen LogP contribution in [0.2, 0.25) is 0 Å². The Morgan fingerprint density at radius 3 is 2.24 bits per heavy atom. The van der Waals surface area contributed by atoms with Crippen LogP contribution in [0, 0.1) is 0 Å². The van der Waals surface area contributed by atoms with Gasteiger partial charge in [-0.05, 0) is 42.0 Å². The quantitative estimate of drug-likeness (QED) is 0.674. The van der Waals surface area contributed by atoms with Crippen molar-refractivity contribution in [1.29, 1.82) is 0 Å². The summed E-state index contributed by atoms with van der Waals surface area (Å²) in [5, 5.41) is 0. The molecule has 0 aliphatic carbocycles. The molecule has 0 aliphatic rings. The molecule has 0 fully saturated rings. The standard InChI is InChI=1S/C19H23NO4S/c1-20(12-14-5-10-17(23-3)18(11-14)24-4)19(21)13-25-16-8-6-15(22-2)7-9-16/h5-11H,12-13H2,1-4H3. The lowest BCUT2D eigenvalue weighted by molar-refractivity contribution is -0.127. The highest BCUT2D eigenvalue weighted by Gasteiger charge is 2.12. The van der Waals surface area contributed by atoms with Gasteiger partial charge in [0.2, 0.25) is 5.91 Å². The molecule has 0 aliphatic heterocycles. The van der Waals surface area contributed by atoms with Crippen LogP contribution in [-0.2, 0) is 11.3 Å². The van der Waals surface area contributed by atoms with E-state index in [0.29, 0.717) is 23.8 Å². The Kier molecular flexibility index (Phi) is 7.01. The van der Waals surface area contributed by atoms with Crippen molar-refractivity contribution in [2.45, 2.75) is 11.4 Å². The molecular weight excluding hydrogens is 338 g/mol. The summed E-state index contributed by atoms with van der Waals surface area (Å²) in [6.45, 7) is 0.516. The van der Waals surface area contributed by atoms with Crippen LogP contribution in [0.1, 0.15) is 5.56 Å². The molecule has 5 nitrogen and oxygen atoms in total. The molecule has 0 radical (unpaired) electrons. The Hall–Kier alpha value is -2.34. The predicted octanol–water partition coefficient (Wildman–Crippen LogP) is 3.46. The summed E-state index contributed by atoms with van der Waals surface area (Å²) < 4.78 is 15.7. The van der Waals surface area contributed by atoms with Crippen LogP contribution in [0.15, 0.2) is 47.4 Å². The molecule has 2 rings (SSSR count). The number of thioether (sulfide) groups is 1. The third kappa shape index (κ3) is 5.32. The number of ether oxygens (including phenoxy) is 3. The second-order valence-electron chi connectivity index (χ2n) is 5.40. The number of benzene rings is 2. The van der Waals surface area contributed by atoms with Gasteiger partial charge in [0.15, 0.2) is 11.5 Å². The second-order valence-corrected chi connectivity index (χ2v) is 6.45. The van der Waals surface area contributed by atoms with Crippen molar-refractivity contribution in [3.05, 3.63) is 48.0 Å². The molecule has 1 amide bonds. The maximum Gasteiger partial charge on any atom is 0.232 e. The molecule has 0 bridgehead atoms. The van der Waals surface area contributed by atoms with Gasteiger partial charge >= 0.3 is 0 Å². The molecule has 0 N–H and O–H groups in total. The SMILES string of the molecule is COc1ccc(SCC(=O)N(C)Cc2ccc(OC)c(OC)c2)cc1. The van der Waals surface area contributed by atoms with Gasteiger partial charge in [-0.2, -0.15) is 0 Å². The zero-order valence-electron chi connectivity index (χ0n) is 14.9. The molecule has 2 aromatic carbocycles.